The van der Waals surface area contributed by atoms with Crippen LogP contribution in [-0.4, -0.2) is 28.0 Å². The second-order valence-electron chi connectivity index (χ2n) is 8.28. The summed E-state index contributed by atoms with van der Waals surface area (Å²) in [6, 6.07) is 11.1. The smallest absolute Gasteiger partial charge is 0.296 e. The first-order valence-electron chi connectivity index (χ1n) is 10.6. The first-order valence-corrected chi connectivity index (χ1v) is 10.6. The van der Waals surface area contributed by atoms with Gasteiger partial charge in [0.1, 0.15) is 22.9 Å². The van der Waals surface area contributed by atoms with E-state index < -0.39 is 5.56 Å². The topological polar surface area (TPSA) is 84.4 Å². The summed E-state index contributed by atoms with van der Waals surface area (Å²) in [5, 5.41) is 15.1. The van der Waals surface area contributed by atoms with E-state index in [4.69, 9.17) is 5.73 Å². The standard InChI is InChI=1S/C24H27FN4O2/c1-15(2)19-11-10-18(14-20(19)30)29-24(31)21(26)23(28-12-4-3-5-13-28)22(27-29)16-6-8-17(25)9-7-16/h6-11,14-15,30H,3-5,12-13,26H2,1-2H3. The van der Waals surface area contributed by atoms with E-state index in [1.54, 1.807) is 24.3 Å². The highest BCUT2D eigenvalue weighted by Gasteiger charge is 2.24. The average Bonchev–Trinajstić information content (AvgIpc) is 2.76. The zero-order valence-electron chi connectivity index (χ0n) is 17.8. The van der Waals surface area contributed by atoms with Gasteiger partial charge in [-0.3, -0.25) is 4.79 Å². The van der Waals surface area contributed by atoms with Crippen molar-refractivity contribution >= 4 is 11.4 Å². The summed E-state index contributed by atoms with van der Waals surface area (Å²) in [5.41, 5.74) is 9.04. The Labute approximate surface area is 180 Å². The molecule has 0 amide bonds. The van der Waals surface area contributed by atoms with Crippen LogP contribution in [0.1, 0.15) is 44.6 Å². The third kappa shape index (κ3) is 4.00. The van der Waals surface area contributed by atoms with Gasteiger partial charge in [0.25, 0.3) is 5.56 Å². The van der Waals surface area contributed by atoms with Crippen molar-refractivity contribution in [2.24, 2.45) is 0 Å². The molecule has 7 heteroatoms. The second kappa shape index (κ2) is 8.41. The van der Waals surface area contributed by atoms with Crippen LogP contribution in [0.2, 0.25) is 0 Å². The molecule has 162 valence electrons. The number of rotatable bonds is 4. The lowest BCUT2D eigenvalue weighted by molar-refractivity contribution is 0.464. The van der Waals surface area contributed by atoms with Crippen molar-refractivity contribution in [2.45, 2.75) is 39.0 Å². The van der Waals surface area contributed by atoms with Gasteiger partial charge < -0.3 is 15.7 Å². The van der Waals surface area contributed by atoms with Crippen LogP contribution in [0.5, 0.6) is 5.75 Å². The monoisotopic (exact) mass is 422 g/mol. The summed E-state index contributed by atoms with van der Waals surface area (Å²) >= 11 is 0. The fraction of sp³-hybridized carbons (Fsp3) is 0.333. The summed E-state index contributed by atoms with van der Waals surface area (Å²) in [5.74, 6) is -0.109. The van der Waals surface area contributed by atoms with Crippen molar-refractivity contribution in [1.29, 1.82) is 0 Å². The molecule has 2 heterocycles. The Morgan fingerprint density at radius 2 is 1.74 bits per heavy atom. The Kier molecular flexibility index (Phi) is 5.67. The third-order valence-electron chi connectivity index (χ3n) is 5.77. The van der Waals surface area contributed by atoms with Gasteiger partial charge in [-0.05, 0) is 61.1 Å². The minimum Gasteiger partial charge on any atom is -0.508 e. The Bertz CT molecular complexity index is 1150. The van der Waals surface area contributed by atoms with Crippen LogP contribution in [0.25, 0.3) is 16.9 Å². The molecular weight excluding hydrogens is 395 g/mol. The van der Waals surface area contributed by atoms with Crippen LogP contribution in [0.4, 0.5) is 15.8 Å². The highest BCUT2D eigenvalue weighted by molar-refractivity contribution is 5.83. The number of nitrogens with two attached hydrogens (primary N) is 1. The lowest BCUT2D eigenvalue weighted by Crippen LogP contribution is -2.35. The predicted molar refractivity (Wildman–Crippen MR) is 121 cm³/mol. The largest absolute Gasteiger partial charge is 0.508 e. The van der Waals surface area contributed by atoms with Crippen molar-refractivity contribution in [3.05, 3.63) is 64.2 Å². The molecule has 0 atom stereocenters. The van der Waals surface area contributed by atoms with Gasteiger partial charge in [0.2, 0.25) is 0 Å². The number of phenols is 1. The van der Waals surface area contributed by atoms with Crippen LogP contribution in [0.15, 0.2) is 47.3 Å². The molecule has 0 unspecified atom stereocenters. The maximum atomic E-state index is 13.6. The molecular formula is C24H27FN4O2. The first-order chi connectivity index (χ1) is 14.9. The minimum absolute atomic E-state index is 0.100. The number of benzene rings is 2. The third-order valence-corrected chi connectivity index (χ3v) is 5.77. The van der Waals surface area contributed by atoms with Gasteiger partial charge in [0.15, 0.2) is 0 Å². The normalized spacial score (nSPS) is 14.3. The molecule has 1 fully saturated rings. The van der Waals surface area contributed by atoms with E-state index in [0.717, 1.165) is 37.9 Å². The van der Waals surface area contributed by atoms with E-state index in [2.05, 4.69) is 10.00 Å². The zero-order valence-corrected chi connectivity index (χ0v) is 17.8. The highest BCUT2D eigenvalue weighted by atomic mass is 19.1. The van der Waals surface area contributed by atoms with Crippen molar-refractivity contribution in [3.63, 3.8) is 0 Å². The maximum Gasteiger partial charge on any atom is 0.296 e. The van der Waals surface area contributed by atoms with Crippen LogP contribution in [0, 0.1) is 5.82 Å². The van der Waals surface area contributed by atoms with Crippen molar-refractivity contribution in [2.75, 3.05) is 23.7 Å². The quantitative estimate of drug-likeness (QED) is 0.649. The van der Waals surface area contributed by atoms with Gasteiger partial charge in [0, 0.05) is 24.7 Å². The maximum absolute atomic E-state index is 13.6. The number of aromatic hydroxyl groups is 1. The van der Waals surface area contributed by atoms with Gasteiger partial charge in [-0.25, -0.2) is 4.39 Å². The number of aromatic nitrogens is 2. The summed E-state index contributed by atoms with van der Waals surface area (Å²) < 4.78 is 14.8. The Hall–Kier alpha value is -3.35. The minimum atomic E-state index is -0.442. The molecule has 2 aromatic carbocycles. The molecule has 1 saturated heterocycles. The van der Waals surface area contributed by atoms with Crippen molar-refractivity contribution in [1.82, 2.24) is 9.78 Å². The van der Waals surface area contributed by atoms with E-state index in [1.165, 1.54) is 22.9 Å². The summed E-state index contributed by atoms with van der Waals surface area (Å²) in [6.45, 7) is 5.54. The first kappa shape index (κ1) is 20.9. The molecule has 6 nitrogen and oxygen atoms in total. The van der Waals surface area contributed by atoms with Crippen molar-refractivity contribution < 1.29 is 9.50 Å². The molecule has 31 heavy (non-hydrogen) atoms. The number of hydrogen-bond acceptors (Lipinski definition) is 5. The molecule has 3 N–H and O–H groups in total. The van der Waals surface area contributed by atoms with Crippen LogP contribution in [-0.2, 0) is 0 Å². The SMILES string of the molecule is CC(C)c1ccc(-n2nc(-c3ccc(F)cc3)c(N3CCCCC3)c(N)c2=O)cc1O. The van der Waals surface area contributed by atoms with E-state index in [-0.39, 0.29) is 23.2 Å². The molecule has 0 bridgehead atoms. The van der Waals surface area contributed by atoms with Crippen LogP contribution >= 0.6 is 0 Å². The molecule has 1 aromatic heterocycles. The van der Waals surface area contributed by atoms with Gasteiger partial charge in [0.05, 0.1) is 11.4 Å². The number of anilines is 2. The molecule has 4 rings (SSSR count). The number of piperidine rings is 1. The number of halogens is 1. The summed E-state index contributed by atoms with van der Waals surface area (Å²) in [7, 11) is 0. The Balaban J connectivity index is 1.93. The fourth-order valence-electron chi connectivity index (χ4n) is 4.10. The summed E-state index contributed by atoms with van der Waals surface area (Å²) in [4.78, 5) is 15.3. The zero-order chi connectivity index (χ0) is 22.1. The lowest BCUT2D eigenvalue weighted by atomic mass is 10.0. The molecule has 0 radical (unpaired) electrons. The molecule has 1 aliphatic heterocycles. The number of hydrogen-bond donors (Lipinski definition) is 2. The van der Waals surface area contributed by atoms with Crippen LogP contribution < -0.4 is 16.2 Å². The number of phenolic OH excluding ortho intramolecular Hbond substituents is 1. The predicted octanol–water partition coefficient (Wildman–Crippen LogP) is 4.44. The summed E-state index contributed by atoms with van der Waals surface area (Å²) in [6.07, 6.45) is 3.15. The van der Waals surface area contributed by atoms with Gasteiger partial charge in [-0.1, -0.05) is 19.9 Å². The number of nitrogens with zero attached hydrogens (tertiary/aromatic N) is 3. The highest BCUT2D eigenvalue weighted by Crippen LogP contribution is 2.35. The van der Waals surface area contributed by atoms with E-state index in [9.17, 15) is 14.3 Å². The Morgan fingerprint density at radius 1 is 1.06 bits per heavy atom. The van der Waals surface area contributed by atoms with Gasteiger partial charge in [-0.2, -0.15) is 9.78 Å². The van der Waals surface area contributed by atoms with Gasteiger partial charge in [-0.15, -0.1) is 0 Å². The number of nitrogen functional groups attached to an aromatic ring is 1. The van der Waals surface area contributed by atoms with Crippen molar-refractivity contribution in [3.8, 4) is 22.7 Å². The molecule has 0 aliphatic carbocycles. The average molecular weight is 423 g/mol. The molecule has 3 aromatic rings. The van der Waals surface area contributed by atoms with E-state index >= 15 is 0 Å². The van der Waals surface area contributed by atoms with E-state index in [0.29, 0.717) is 22.6 Å². The molecule has 0 spiro atoms. The molecule has 1 aliphatic rings. The fourth-order valence-corrected chi connectivity index (χ4v) is 4.10. The van der Waals surface area contributed by atoms with Crippen LogP contribution in [0.3, 0.4) is 0 Å². The second-order valence-corrected chi connectivity index (χ2v) is 8.28. The van der Waals surface area contributed by atoms with E-state index in [1.807, 2.05) is 13.8 Å². The molecule has 0 saturated carbocycles. The lowest BCUT2D eigenvalue weighted by Gasteiger charge is -2.31. The Morgan fingerprint density at radius 3 is 2.35 bits per heavy atom. The van der Waals surface area contributed by atoms with Gasteiger partial charge >= 0.3 is 0 Å².